The van der Waals surface area contributed by atoms with Gasteiger partial charge in [-0.1, -0.05) is 37.3 Å². The van der Waals surface area contributed by atoms with E-state index in [4.69, 9.17) is 0 Å². The van der Waals surface area contributed by atoms with Crippen molar-refractivity contribution in [2.24, 2.45) is 5.92 Å². The van der Waals surface area contributed by atoms with Gasteiger partial charge in [0.2, 0.25) is 11.8 Å². The summed E-state index contributed by atoms with van der Waals surface area (Å²) >= 11 is 0. The molecule has 0 unspecified atom stereocenters. The highest BCUT2D eigenvalue weighted by Crippen LogP contribution is 2.24. The van der Waals surface area contributed by atoms with Crippen LogP contribution in [0.4, 0.5) is 4.79 Å². The maximum absolute atomic E-state index is 11.6. The number of benzene rings is 1. The number of hydrogen-bond donors (Lipinski definition) is 2. The first kappa shape index (κ1) is 12.3. The summed E-state index contributed by atoms with van der Waals surface area (Å²) in [5.74, 6) is -1.78. The van der Waals surface area contributed by atoms with Gasteiger partial charge in [0.15, 0.2) is 0 Å². The Labute approximate surface area is 105 Å². The van der Waals surface area contributed by atoms with Crippen molar-refractivity contribution in [3.63, 3.8) is 0 Å². The van der Waals surface area contributed by atoms with E-state index in [0.717, 1.165) is 5.56 Å². The molecule has 0 aromatic heterocycles. The van der Waals surface area contributed by atoms with Crippen LogP contribution in [0.5, 0.6) is 0 Å². The minimum absolute atomic E-state index is 0.0703. The fraction of sp³-hybridized carbons (Fsp3) is 0.308. The van der Waals surface area contributed by atoms with Gasteiger partial charge < -0.3 is 0 Å². The molecule has 5 heteroatoms. The molecule has 0 saturated carbocycles. The third-order valence-corrected chi connectivity index (χ3v) is 3.06. The fourth-order valence-electron chi connectivity index (χ4n) is 2.03. The van der Waals surface area contributed by atoms with Gasteiger partial charge in [0.1, 0.15) is 5.92 Å². The Morgan fingerprint density at radius 1 is 1.06 bits per heavy atom. The molecule has 2 rings (SSSR count). The van der Waals surface area contributed by atoms with Crippen LogP contribution in [-0.4, -0.2) is 17.8 Å². The van der Waals surface area contributed by atoms with Crippen LogP contribution in [0, 0.1) is 5.92 Å². The predicted octanol–water partition coefficient (Wildman–Crippen LogP) is 1.16. The molecule has 0 spiro atoms. The van der Waals surface area contributed by atoms with E-state index in [1.807, 2.05) is 37.3 Å². The molecule has 1 aromatic rings. The SMILES string of the molecule is C[C@H](CC1C(=O)NC(=O)NC1=O)c1ccccc1. The number of barbiturate groups is 1. The molecule has 1 aliphatic rings. The Morgan fingerprint density at radius 3 is 2.17 bits per heavy atom. The Balaban J connectivity index is 2.07. The smallest absolute Gasteiger partial charge is 0.277 e. The molecule has 1 aliphatic heterocycles. The summed E-state index contributed by atoms with van der Waals surface area (Å²) in [5.41, 5.74) is 1.06. The van der Waals surface area contributed by atoms with E-state index in [9.17, 15) is 14.4 Å². The largest absolute Gasteiger partial charge is 0.328 e. The average molecular weight is 246 g/mol. The third kappa shape index (κ3) is 2.56. The first-order valence-corrected chi connectivity index (χ1v) is 5.78. The van der Waals surface area contributed by atoms with E-state index in [1.165, 1.54) is 0 Å². The number of hydrogen-bond acceptors (Lipinski definition) is 3. The Kier molecular flexibility index (Phi) is 3.41. The van der Waals surface area contributed by atoms with E-state index >= 15 is 0 Å². The Hall–Kier alpha value is -2.17. The van der Waals surface area contributed by atoms with Gasteiger partial charge in [0, 0.05) is 0 Å². The van der Waals surface area contributed by atoms with Crippen LogP contribution in [-0.2, 0) is 9.59 Å². The van der Waals surface area contributed by atoms with Gasteiger partial charge in [-0.2, -0.15) is 0 Å². The van der Waals surface area contributed by atoms with Gasteiger partial charge in [0.05, 0.1) is 0 Å². The molecule has 1 atom stereocenters. The molecule has 0 radical (unpaired) electrons. The molecule has 0 aliphatic carbocycles. The van der Waals surface area contributed by atoms with E-state index in [-0.39, 0.29) is 5.92 Å². The van der Waals surface area contributed by atoms with Crippen molar-refractivity contribution in [1.82, 2.24) is 10.6 Å². The van der Waals surface area contributed by atoms with E-state index in [2.05, 4.69) is 10.6 Å². The summed E-state index contributed by atoms with van der Waals surface area (Å²) < 4.78 is 0. The van der Waals surface area contributed by atoms with Gasteiger partial charge in [0.25, 0.3) is 0 Å². The topological polar surface area (TPSA) is 75.3 Å². The molecule has 2 N–H and O–H groups in total. The molecule has 1 aromatic carbocycles. The van der Waals surface area contributed by atoms with E-state index < -0.39 is 23.8 Å². The number of carbonyl (C=O) groups excluding carboxylic acids is 3. The van der Waals surface area contributed by atoms with Gasteiger partial charge in [-0.3, -0.25) is 20.2 Å². The molecular formula is C13H14N2O3. The Bertz CT molecular complexity index is 464. The minimum Gasteiger partial charge on any atom is -0.277 e. The van der Waals surface area contributed by atoms with Crippen molar-refractivity contribution >= 4 is 17.8 Å². The summed E-state index contributed by atoms with van der Waals surface area (Å²) in [7, 11) is 0. The van der Waals surface area contributed by atoms with Crippen molar-refractivity contribution in [2.75, 3.05) is 0 Å². The maximum atomic E-state index is 11.6. The second-order valence-electron chi connectivity index (χ2n) is 4.41. The number of nitrogens with one attached hydrogen (secondary N) is 2. The van der Waals surface area contributed by atoms with Crippen molar-refractivity contribution in [1.29, 1.82) is 0 Å². The molecule has 18 heavy (non-hydrogen) atoms. The van der Waals surface area contributed by atoms with Crippen molar-refractivity contribution < 1.29 is 14.4 Å². The number of urea groups is 1. The van der Waals surface area contributed by atoms with Gasteiger partial charge in [-0.05, 0) is 17.9 Å². The first-order chi connectivity index (χ1) is 8.58. The molecule has 5 nitrogen and oxygen atoms in total. The van der Waals surface area contributed by atoms with Crippen LogP contribution >= 0.6 is 0 Å². The van der Waals surface area contributed by atoms with Crippen molar-refractivity contribution in [3.05, 3.63) is 35.9 Å². The van der Waals surface area contributed by atoms with Gasteiger partial charge in [-0.25, -0.2) is 4.79 Å². The standard InChI is InChI=1S/C13H14N2O3/c1-8(9-5-3-2-4-6-9)7-10-11(16)14-13(18)15-12(10)17/h2-6,8,10H,7H2,1H3,(H2,14,15,16,17,18)/t8-/m1/s1. The van der Waals surface area contributed by atoms with E-state index in [1.54, 1.807) is 0 Å². The number of amides is 4. The van der Waals surface area contributed by atoms with Crippen LogP contribution in [0.25, 0.3) is 0 Å². The van der Waals surface area contributed by atoms with Crippen molar-refractivity contribution in [3.8, 4) is 0 Å². The first-order valence-electron chi connectivity index (χ1n) is 5.78. The van der Waals surface area contributed by atoms with Crippen molar-refractivity contribution in [2.45, 2.75) is 19.3 Å². The molecule has 0 bridgehead atoms. The summed E-state index contributed by atoms with van der Waals surface area (Å²) in [6, 6.07) is 8.90. The second kappa shape index (κ2) is 5.00. The summed E-state index contributed by atoms with van der Waals surface area (Å²) in [6.45, 7) is 1.95. The third-order valence-electron chi connectivity index (χ3n) is 3.06. The summed E-state index contributed by atoms with van der Waals surface area (Å²) in [5, 5.41) is 4.21. The zero-order chi connectivity index (χ0) is 13.1. The number of rotatable bonds is 3. The monoisotopic (exact) mass is 246 g/mol. The number of carbonyl (C=O) groups is 3. The maximum Gasteiger partial charge on any atom is 0.328 e. The highest BCUT2D eigenvalue weighted by molar-refractivity contribution is 6.16. The highest BCUT2D eigenvalue weighted by Gasteiger charge is 2.35. The Morgan fingerprint density at radius 2 is 1.61 bits per heavy atom. The highest BCUT2D eigenvalue weighted by atomic mass is 16.2. The predicted molar refractivity (Wildman–Crippen MR) is 64.6 cm³/mol. The molecule has 1 saturated heterocycles. The minimum atomic E-state index is -0.807. The van der Waals surface area contributed by atoms with Crippen LogP contribution < -0.4 is 10.6 Å². The molecule has 4 amide bonds. The lowest BCUT2D eigenvalue weighted by Crippen LogP contribution is -2.55. The normalized spacial score (nSPS) is 18.2. The van der Waals surface area contributed by atoms with Crippen LogP contribution in [0.1, 0.15) is 24.8 Å². The van der Waals surface area contributed by atoms with Gasteiger partial charge >= 0.3 is 6.03 Å². The lowest BCUT2D eigenvalue weighted by molar-refractivity contribution is -0.136. The zero-order valence-corrected chi connectivity index (χ0v) is 9.97. The van der Waals surface area contributed by atoms with E-state index in [0.29, 0.717) is 6.42 Å². The summed E-state index contributed by atoms with van der Waals surface area (Å²) in [4.78, 5) is 34.1. The van der Waals surface area contributed by atoms with Gasteiger partial charge in [-0.15, -0.1) is 0 Å². The zero-order valence-electron chi connectivity index (χ0n) is 9.97. The van der Waals surface area contributed by atoms with Crippen LogP contribution in [0.2, 0.25) is 0 Å². The average Bonchev–Trinajstić information content (AvgIpc) is 2.34. The molecule has 94 valence electrons. The molecule has 1 heterocycles. The summed E-state index contributed by atoms with van der Waals surface area (Å²) in [6.07, 6.45) is 0.384. The quantitative estimate of drug-likeness (QED) is 0.786. The molecule has 1 fully saturated rings. The molecular weight excluding hydrogens is 232 g/mol. The second-order valence-corrected chi connectivity index (χ2v) is 4.41. The lowest BCUT2D eigenvalue weighted by Gasteiger charge is -2.23. The number of imide groups is 2. The van der Waals surface area contributed by atoms with Crippen LogP contribution in [0.15, 0.2) is 30.3 Å². The fourth-order valence-corrected chi connectivity index (χ4v) is 2.03. The van der Waals surface area contributed by atoms with Crippen LogP contribution in [0.3, 0.4) is 0 Å². The lowest BCUT2D eigenvalue weighted by atomic mass is 9.88.